The topological polar surface area (TPSA) is 99.5 Å². The van der Waals surface area contributed by atoms with E-state index in [9.17, 15) is 14.4 Å². The quantitative estimate of drug-likeness (QED) is 0.305. The number of carbonyl (C=O) groups excluding carboxylic acids is 2. The molecule has 0 fully saturated rings. The van der Waals surface area contributed by atoms with E-state index in [1.807, 2.05) is 37.3 Å². The first kappa shape index (κ1) is 25.1. The number of carbonyl (C=O) groups is 2. The summed E-state index contributed by atoms with van der Waals surface area (Å²) in [6, 6.07) is 16.8. The number of anilines is 1. The fourth-order valence-electron chi connectivity index (χ4n) is 3.80. The predicted octanol–water partition coefficient (Wildman–Crippen LogP) is 4.98. The van der Waals surface area contributed by atoms with Crippen LogP contribution >= 0.6 is 11.3 Å². The lowest BCUT2D eigenvalue weighted by Crippen LogP contribution is -2.25. The highest BCUT2D eigenvalue weighted by Crippen LogP contribution is 2.31. The van der Waals surface area contributed by atoms with E-state index in [1.165, 1.54) is 11.3 Å². The fraction of sp³-hybridized carbons (Fsp3) is 0.259. The summed E-state index contributed by atoms with van der Waals surface area (Å²) in [4.78, 5) is 38.9. The summed E-state index contributed by atoms with van der Waals surface area (Å²) in [5, 5.41) is 9.79. The number of nitrogens with one attached hydrogen (secondary N) is 1. The number of esters is 1. The minimum atomic E-state index is -0.638. The van der Waals surface area contributed by atoms with Gasteiger partial charge in [0.1, 0.15) is 10.8 Å². The van der Waals surface area contributed by atoms with Crippen LogP contribution in [-0.4, -0.2) is 34.9 Å². The number of hydrogen-bond donors (Lipinski definition) is 1. The monoisotopic (exact) mass is 505 g/mol. The molecule has 0 unspecified atom stereocenters. The van der Waals surface area contributed by atoms with E-state index in [-0.39, 0.29) is 23.6 Å². The van der Waals surface area contributed by atoms with Crippen LogP contribution in [-0.2, 0) is 16.0 Å². The Bertz CT molecular complexity index is 1410. The number of rotatable bonds is 10. The molecule has 0 atom stereocenters. The number of benzene rings is 2. The minimum Gasteiger partial charge on any atom is -0.494 e. The number of nitrogens with zero attached hydrogens (tertiary/aromatic N) is 2. The number of hydrogen-bond acceptors (Lipinski definition) is 7. The van der Waals surface area contributed by atoms with Gasteiger partial charge in [-0.2, -0.15) is 9.78 Å². The Morgan fingerprint density at radius 2 is 1.78 bits per heavy atom. The maximum atomic E-state index is 13.5. The molecule has 0 spiro atoms. The van der Waals surface area contributed by atoms with Gasteiger partial charge in [-0.05, 0) is 56.5 Å². The van der Waals surface area contributed by atoms with Gasteiger partial charge in [-0.1, -0.05) is 30.3 Å². The summed E-state index contributed by atoms with van der Waals surface area (Å²) in [6.07, 6.45) is 1.75. The van der Waals surface area contributed by atoms with Crippen molar-refractivity contribution < 1.29 is 19.1 Å². The van der Waals surface area contributed by atoms with Crippen LogP contribution in [0.1, 0.15) is 42.7 Å². The molecule has 0 bridgehead atoms. The van der Waals surface area contributed by atoms with Gasteiger partial charge >= 0.3 is 5.97 Å². The molecule has 0 saturated carbocycles. The molecule has 0 aliphatic carbocycles. The molecule has 1 N–H and O–H groups in total. The van der Waals surface area contributed by atoms with Gasteiger partial charge in [0, 0.05) is 17.2 Å². The van der Waals surface area contributed by atoms with Gasteiger partial charge in [0.2, 0.25) is 5.91 Å². The van der Waals surface area contributed by atoms with E-state index in [0.29, 0.717) is 41.3 Å². The van der Waals surface area contributed by atoms with Crippen molar-refractivity contribution >= 4 is 39.0 Å². The number of ether oxygens (including phenoxy) is 2. The molecule has 0 aliphatic heterocycles. The summed E-state index contributed by atoms with van der Waals surface area (Å²) in [5.41, 5.74) is 1.20. The van der Waals surface area contributed by atoms with E-state index >= 15 is 0 Å². The van der Waals surface area contributed by atoms with Crippen LogP contribution < -0.4 is 15.6 Å². The molecule has 2 aromatic heterocycles. The first-order valence-electron chi connectivity index (χ1n) is 11.8. The summed E-state index contributed by atoms with van der Waals surface area (Å²) in [7, 11) is 0. The summed E-state index contributed by atoms with van der Waals surface area (Å²) in [6.45, 7) is 4.26. The normalized spacial score (nSPS) is 10.8. The highest BCUT2D eigenvalue weighted by Gasteiger charge is 2.23. The van der Waals surface area contributed by atoms with Gasteiger partial charge in [0.25, 0.3) is 5.56 Å². The van der Waals surface area contributed by atoms with Crippen LogP contribution in [0.25, 0.3) is 16.5 Å². The zero-order valence-corrected chi connectivity index (χ0v) is 21.0. The van der Waals surface area contributed by atoms with E-state index in [0.717, 1.165) is 16.7 Å². The largest absolute Gasteiger partial charge is 0.494 e. The van der Waals surface area contributed by atoms with Crippen molar-refractivity contribution in [2.45, 2.75) is 33.1 Å². The van der Waals surface area contributed by atoms with E-state index in [4.69, 9.17) is 9.47 Å². The molecule has 2 heterocycles. The van der Waals surface area contributed by atoms with Crippen LogP contribution in [0.5, 0.6) is 5.75 Å². The van der Waals surface area contributed by atoms with Gasteiger partial charge in [-0.3, -0.25) is 9.59 Å². The number of fused-ring (bicyclic) bond motifs is 1. The van der Waals surface area contributed by atoms with Crippen LogP contribution in [0, 0.1) is 0 Å². The van der Waals surface area contributed by atoms with Gasteiger partial charge in [0.15, 0.2) is 5.69 Å². The average Bonchev–Trinajstić information content (AvgIpc) is 3.30. The predicted molar refractivity (Wildman–Crippen MR) is 140 cm³/mol. The first-order chi connectivity index (χ1) is 17.5. The van der Waals surface area contributed by atoms with Crippen LogP contribution in [0.15, 0.2) is 64.8 Å². The van der Waals surface area contributed by atoms with Crippen molar-refractivity contribution in [2.24, 2.45) is 0 Å². The molecule has 0 saturated heterocycles. The van der Waals surface area contributed by atoms with Crippen molar-refractivity contribution in [3.05, 3.63) is 81.6 Å². The molecule has 1 amide bonds. The molecule has 36 heavy (non-hydrogen) atoms. The number of aromatic nitrogens is 2. The molecule has 9 heteroatoms. The fourth-order valence-corrected chi connectivity index (χ4v) is 4.76. The SMILES string of the molecule is CCOC(=O)c1nn(-c2ccc(OCC)cc2)c(=O)c2c(NC(=O)CCCc3ccccc3)scc12. The zero-order chi connectivity index (χ0) is 25.5. The van der Waals surface area contributed by atoms with E-state index in [2.05, 4.69) is 10.4 Å². The van der Waals surface area contributed by atoms with Crippen molar-refractivity contribution in [1.82, 2.24) is 9.78 Å². The minimum absolute atomic E-state index is 0.0150. The molecular formula is C27H27N3O5S. The second kappa shape index (κ2) is 11.6. The third-order valence-electron chi connectivity index (χ3n) is 5.48. The van der Waals surface area contributed by atoms with Crippen molar-refractivity contribution in [1.29, 1.82) is 0 Å². The second-order valence-electron chi connectivity index (χ2n) is 7.95. The molecule has 4 rings (SSSR count). The number of thiophene rings is 1. The average molecular weight is 506 g/mol. The van der Waals surface area contributed by atoms with Gasteiger partial charge in [-0.25, -0.2) is 4.79 Å². The lowest BCUT2D eigenvalue weighted by Gasteiger charge is -2.11. The van der Waals surface area contributed by atoms with Crippen molar-refractivity contribution in [2.75, 3.05) is 18.5 Å². The Labute approximate surface area is 212 Å². The Kier molecular flexibility index (Phi) is 8.12. The summed E-state index contributed by atoms with van der Waals surface area (Å²) >= 11 is 1.18. The van der Waals surface area contributed by atoms with Gasteiger partial charge in [-0.15, -0.1) is 11.3 Å². The Morgan fingerprint density at radius 3 is 2.47 bits per heavy atom. The molecule has 8 nitrogen and oxygen atoms in total. The van der Waals surface area contributed by atoms with E-state index < -0.39 is 11.5 Å². The molecule has 0 aliphatic rings. The highest BCUT2D eigenvalue weighted by atomic mass is 32.1. The van der Waals surface area contributed by atoms with Crippen LogP contribution in [0.4, 0.5) is 5.00 Å². The maximum Gasteiger partial charge on any atom is 0.359 e. The van der Waals surface area contributed by atoms with Crippen molar-refractivity contribution in [3.8, 4) is 11.4 Å². The summed E-state index contributed by atoms with van der Waals surface area (Å²) in [5.74, 6) is -0.183. The smallest absolute Gasteiger partial charge is 0.359 e. The third kappa shape index (κ3) is 5.63. The number of aryl methyl sites for hydroxylation is 1. The lowest BCUT2D eigenvalue weighted by atomic mass is 10.1. The third-order valence-corrected chi connectivity index (χ3v) is 6.37. The second-order valence-corrected chi connectivity index (χ2v) is 8.83. The van der Waals surface area contributed by atoms with Gasteiger partial charge < -0.3 is 14.8 Å². The van der Waals surface area contributed by atoms with Crippen molar-refractivity contribution in [3.63, 3.8) is 0 Å². The lowest BCUT2D eigenvalue weighted by molar-refractivity contribution is -0.116. The molecule has 4 aromatic rings. The molecule has 0 radical (unpaired) electrons. The Balaban J connectivity index is 1.65. The molecule has 2 aromatic carbocycles. The van der Waals surface area contributed by atoms with Gasteiger partial charge in [0.05, 0.1) is 24.3 Å². The standard InChI is InChI=1S/C27H27N3O5S/c1-3-34-20-15-13-19(14-16-20)30-26(32)23-21(24(29-30)27(33)35-4-2)17-36-25(23)28-22(31)12-8-11-18-9-6-5-7-10-18/h5-7,9-10,13-17H,3-4,8,11-12H2,1-2H3,(H,28,31). The van der Waals surface area contributed by atoms with Crippen LogP contribution in [0.2, 0.25) is 0 Å². The maximum absolute atomic E-state index is 13.5. The summed E-state index contributed by atoms with van der Waals surface area (Å²) < 4.78 is 11.8. The first-order valence-corrected chi connectivity index (χ1v) is 12.7. The van der Waals surface area contributed by atoms with E-state index in [1.54, 1.807) is 36.6 Å². The molecule has 186 valence electrons. The Morgan fingerprint density at radius 1 is 1.03 bits per heavy atom. The Hall–Kier alpha value is -3.98. The number of amides is 1. The van der Waals surface area contributed by atoms with Crippen LogP contribution in [0.3, 0.4) is 0 Å². The highest BCUT2D eigenvalue weighted by molar-refractivity contribution is 7.16. The zero-order valence-electron chi connectivity index (χ0n) is 20.2. The molecular weight excluding hydrogens is 478 g/mol.